The molecule has 1 aromatic heterocycles. The first-order valence-corrected chi connectivity index (χ1v) is 7.06. The summed E-state index contributed by atoms with van der Waals surface area (Å²) < 4.78 is 6.89. The maximum absolute atomic E-state index is 5.84. The lowest BCUT2D eigenvalue weighted by atomic mass is 10.1. The van der Waals surface area contributed by atoms with Crippen molar-refractivity contribution in [1.82, 2.24) is 0 Å². The van der Waals surface area contributed by atoms with Gasteiger partial charge in [-0.05, 0) is 29.1 Å². The molecule has 1 aromatic carbocycles. The lowest BCUT2D eigenvalue weighted by Crippen LogP contribution is -2.15. The van der Waals surface area contributed by atoms with E-state index < -0.39 is 0 Å². The molecule has 0 aliphatic carbocycles. The van der Waals surface area contributed by atoms with Gasteiger partial charge in [-0.25, -0.2) is 0 Å². The minimum absolute atomic E-state index is 0.0467. The Kier molecular flexibility index (Phi) is 4.74. The minimum Gasteiger partial charge on any atom is -0.367 e. The van der Waals surface area contributed by atoms with E-state index in [1.165, 1.54) is 4.88 Å². The van der Waals surface area contributed by atoms with Crippen LogP contribution in [-0.2, 0) is 11.3 Å². The van der Waals surface area contributed by atoms with Gasteiger partial charge in [0.1, 0.15) is 0 Å². The Morgan fingerprint density at radius 2 is 2.18 bits per heavy atom. The lowest BCUT2D eigenvalue weighted by molar-refractivity contribution is 0.0472. The van der Waals surface area contributed by atoms with E-state index in [9.17, 15) is 0 Å². The Morgan fingerprint density at radius 1 is 1.29 bits per heavy atom. The van der Waals surface area contributed by atoms with E-state index >= 15 is 0 Å². The smallest absolute Gasteiger partial charge is 0.0952 e. The summed E-state index contributed by atoms with van der Waals surface area (Å²) in [4.78, 5) is 1.22. The second-order valence-corrected chi connectivity index (χ2v) is 5.62. The van der Waals surface area contributed by atoms with Gasteiger partial charge >= 0.3 is 0 Å². The van der Waals surface area contributed by atoms with Gasteiger partial charge in [0, 0.05) is 15.9 Å². The molecule has 0 saturated carbocycles. The maximum atomic E-state index is 5.84. The van der Waals surface area contributed by atoms with Crippen LogP contribution in [0.25, 0.3) is 0 Å². The van der Waals surface area contributed by atoms with E-state index in [0.29, 0.717) is 13.2 Å². The lowest BCUT2D eigenvalue weighted by Gasteiger charge is -2.16. The van der Waals surface area contributed by atoms with Crippen LogP contribution < -0.4 is 5.73 Å². The van der Waals surface area contributed by atoms with E-state index in [4.69, 9.17) is 10.5 Å². The molecule has 0 bridgehead atoms. The third-order valence-corrected chi connectivity index (χ3v) is 3.78. The van der Waals surface area contributed by atoms with Crippen molar-refractivity contribution in [1.29, 1.82) is 0 Å². The SMILES string of the molecule is NCC(OCc1cccs1)c1cccc(Br)c1. The normalized spacial score (nSPS) is 12.6. The van der Waals surface area contributed by atoms with Gasteiger partial charge in [0.05, 0.1) is 12.7 Å². The topological polar surface area (TPSA) is 35.2 Å². The number of rotatable bonds is 5. The summed E-state index contributed by atoms with van der Waals surface area (Å²) in [5, 5.41) is 2.05. The Morgan fingerprint density at radius 3 is 2.82 bits per heavy atom. The summed E-state index contributed by atoms with van der Waals surface area (Å²) in [6, 6.07) is 12.2. The van der Waals surface area contributed by atoms with Gasteiger partial charge in [-0.15, -0.1) is 11.3 Å². The second-order valence-electron chi connectivity index (χ2n) is 3.67. The summed E-state index contributed by atoms with van der Waals surface area (Å²) >= 11 is 5.15. The molecule has 1 unspecified atom stereocenters. The number of thiophene rings is 1. The van der Waals surface area contributed by atoms with Crippen LogP contribution >= 0.6 is 27.3 Å². The van der Waals surface area contributed by atoms with Crippen LogP contribution in [0.2, 0.25) is 0 Å². The average molecular weight is 312 g/mol. The Bertz CT molecular complexity index is 458. The highest BCUT2D eigenvalue weighted by atomic mass is 79.9. The van der Waals surface area contributed by atoms with Crippen LogP contribution in [0.5, 0.6) is 0 Å². The average Bonchev–Trinajstić information content (AvgIpc) is 2.83. The summed E-state index contributed by atoms with van der Waals surface area (Å²) in [5.74, 6) is 0. The highest BCUT2D eigenvalue weighted by Gasteiger charge is 2.10. The molecule has 90 valence electrons. The monoisotopic (exact) mass is 311 g/mol. The van der Waals surface area contributed by atoms with Gasteiger partial charge in [-0.3, -0.25) is 0 Å². The third-order valence-electron chi connectivity index (χ3n) is 2.44. The predicted octanol–water partition coefficient (Wildman–Crippen LogP) is 3.73. The van der Waals surface area contributed by atoms with Crippen molar-refractivity contribution in [3.8, 4) is 0 Å². The first kappa shape index (κ1) is 12.8. The number of hydrogen-bond donors (Lipinski definition) is 1. The third kappa shape index (κ3) is 3.64. The first-order valence-electron chi connectivity index (χ1n) is 5.39. The van der Waals surface area contributed by atoms with Crippen molar-refractivity contribution in [3.05, 3.63) is 56.7 Å². The van der Waals surface area contributed by atoms with Crippen LogP contribution in [0, 0.1) is 0 Å². The molecule has 0 amide bonds. The fraction of sp³-hybridized carbons (Fsp3) is 0.231. The van der Waals surface area contributed by atoms with Gasteiger partial charge in [-0.1, -0.05) is 34.1 Å². The van der Waals surface area contributed by atoms with Crippen molar-refractivity contribution in [2.45, 2.75) is 12.7 Å². The summed E-state index contributed by atoms with van der Waals surface area (Å²) in [5.41, 5.74) is 6.87. The number of hydrogen-bond acceptors (Lipinski definition) is 3. The molecule has 2 N–H and O–H groups in total. The molecule has 17 heavy (non-hydrogen) atoms. The molecule has 1 heterocycles. The van der Waals surface area contributed by atoms with E-state index in [1.807, 2.05) is 30.3 Å². The maximum Gasteiger partial charge on any atom is 0.0952 e. The fourth-order valence-electron chi connectivity index (χ4n) is 1.58. The summed E-state index contributed by atoms with van der Waals surface area (Å²) in [6.45, 7) is 1.11. The molecular formula is C13H14BrNOS. The van der Waals surface area contributed by atoms with Crippen molar-refractivity contribution in [2.75, 3.05) is 6.54 Å². The quantitative estimate of drug-likeness (QED) is 0.913. The molecule has 0 aliphatic heterocycles. The van der Waals surface area contributed by atoms with Gasteiger partial charge in [0.25, 0.3) is 0 Å². The molecule has 1 atom stereocenters. The number of ether oxygens (including phenoxy) is 1. The zero-order chi connectivity index (χ0) is 12.1. The standard InChI is InChI=1S/C13H14BrNOS/c14-11-4-1-3-10(7-11)13(8-15)16-9-12-5-2-6-17-12/h1-7,13H,8-9,15H2. The predicted molar refractivity (Wildman–Crippen MR) is 75.0 cm³/mol. The highest BCUT2D eigenvalue weighted by molar-refractivity contribution is 9.10. The van der Waals surface area contributed by atoms with Crippen LogP contribution in [-0.4, -0.2) is 6.54 Å². The summed E-state index contributed by atoms with van der Waals surface area (Å²) in [7, 11) is 0. The van der Waals surface area contributed by atoms with E-state index in [0.717, 1.165) is 10.0 Å². The first-order chi connectivity index (χ1) is 8.29. The highest BCUT2D eigenvalue weighted by Crippen LogP contribution is 2.22. The fourth-order valence-corrected chi connectivity index (χ4v) is 2.63. The molecule has 0 aliphatic rings. The van der Waals surface area contributed by atoms with E-state index in [1.54, 1.807) is 11.3 Å². The van der Waals surface area contributed by atoms with Gasteiger partial charge in [0.2, 0.25) is 0 Å². The second kappa shape index (κ2) is 6.31. The zero-order valence-corrected chi connectivity index (χ0v) is 11.7. The molecule has 0 radical (unpaired) electrons. The molecular weight excluding hydrogens is 298 g/mol. The van der Waals surface area contributed by atoms with E-state index in [2.05, 4.69) is 27.4 Å². The van der Waals surface area contributed by atoms with Gasteiger partial charge in [0.15, 0.2) is 0 Å². The molecule has 0 spiro atoms. The van der Waals surface area contributed by atoms with Crippen LogP contribution in [0.15, 0.2) is 46.3 Å². The minimum atomic E-state index is -0.0467. The van der Waals surface area contributed by atoms with Crippen LogP contribution in [0.3, 0.4) is 0 Å². The molecule has 2 nitrogen and oxygen atoms in total. The van der Waals surface area contributed by atoms with Crippen molar-refractivity contribution < 1.29 is 4.74 Å². The van der Waals surface area contributed by atoms with Crippen molar-refractivity contribution in [3.63, 3.8) is 0 Å². The van der Waals surface area contributed by atoms with Crippen LogP contribution in [0.4, 0.5) is 0 Å². The Balaban J connectivity index is 2.01. The van der Waals surface area contributed by atoms with Gasteiger partial charge < -0.3 is 10.5 Å². The molecule has 0 saturated heterocycles. The van der Waals surface area contributed by atoms with Crippen LogP contribution in [0.1, 0.15) is 16.5 Å². The molecule has 2 aromatic rings. The summed E-state index contributed by atoms with van der Waals surface area (Å²) in [6.07, 6.45) is -0.0467. The van der Waals surface area contributed by atoms with E-state index in [-0.39, 0.29) is 6.10 Å². The number of halogens is 1. The van der Waals surface area contributed by atoms with Crippen molar-refractivity contribution in [2.24, 2.45) is 5.73 Å². The molecule has 2 rings (SSSR count). The molecule has 0 fully saturated rings. The largest absolute Gasteiger partial charge is 0.367 e. The Labute approximate surface area is 114 Å². The Hall–Kier alpha value is -0.680. The zero-order valence-electron chi connectivity index (χ0n) is 9.30. The number of benzene rings is 1. The number of nitrogens with two attached hydrogens (primary N) is 1. The van der Waals surface area contributed by atoms with Crippen molar-refractivity contribution >= 4 is 27.3 Å². The van der Waals surface area contributed by atoms with Gasteiger partial charge in [-0.2, -0.15) is 0 Å². The molecule has 4 heteroatoms.